The molecule has 19 heavy (non-hydrogen) atoms. The topological polar surface area (TPSA) is 43.1 Å². The summed E-state index contributed by atoms with van der Waals surface area (Å²) in [5, 5.41) is 0.822. The molecule has 0 bridgehead atoms. The Hall–Kier alpha value is -0.380. The molecule has 0 aromatic heterocycles. The van der Waals surface area contributed by atoms with Gasteiger partial charge in [-0.25, -0.2) is 0 Å². The zero-order valence-electron chi connectivity index (χ0n) is 11.3. The second-order valence-corrected chi connectivity index (χ2v) is 7.47. The largest absolute Gasteiger partial charge is 0.327 e. The Labute approximate surface area is 123 Å². The quantitative estimate of drug-likeness (QED) is 0.925. The van der Waals surface area contributed by atoms with Crippen molar-refractivity contribution >= 4 is 22.4 Å². The number of hydrogen-bond donors (Lipinski definition) is 1. The molecule has 106 valence electrons. The Bertz CT molecular complexity index is 452. The molecule has 0 amide bonds. The van der Waals surface area contributed by atoms with Crippen molar-refractivity contribution in [3.05, 3.63) is 34.9 Å². The summed E-state index contributed by atoms with van der Waals surface area (Å²) in [4.78, 5) is 0. The lowest BCUT2D eigenvalue weighted by atomic mass is 9.84. The molecule has 1 aliphatic rings. The molecule has 4 unspecified atom stereocenters. The lowest BCUT2D eigenvalue weighted by Crippen LogP contribution is -2.43. The van der Waals surface area contributed by atoms with Gasteiger partial charge in [-0.3, -0.25) is 4.21 Å². The minimum absolute atomic E-state index is 0.0751. The van der Waals surface area contributed by atoms with E-state index in [1.165, 1.54) is 6.42 Å². The van der Waals surface area contributed by atoms with Crippen molar-refractivity contribution in [2.24, 2.45) is 11.7 Å². The summed E-state index contributed by atoms with van der Waals surface area (Å²) < 4.78 is 12.6. The van der Waals surface area contributed by atoms with Gasteiger partial charge in [-0.05, 0) is 36.8 Å². The minimum Gasteiger partial charge on any atom is -0.327 e. The highest BCUT2D eigenvalue weighted by atomic mass is 35.5. The predicted octanol–water partition coefficient (Wildman–Crippen LogP) is 3.49. The summed E-state index contributed by atoms with van der Waals surface area (Å²) in [6.45, 7) is 2.20. The first-order chi connectivity index (χ1) is 9.11. The van der Waals surface area contributed by atoms with Crippen molar-refractivity contribution in [2.75, 3.05) is 0 Å². The highest BCUT2D eigenvalue weighted by Crippen LogP contribution is 2.30. The zero-order valence-corrected chi connectivity index (χ0v) is 12.9. The summed E-state index contributed by atoms with van der Waals surface area (Å²) in [6, 6.07) is 7.71. The van der Waals surface area contributed by atoms with Crippen LogP contribution in [0.5, 0.6) is 0 Å². The van der Waals surface area contributed by atoms with E-state index in [1.807, 2.05) is 24.3 Å². The first-order valence-corrected chi connectivity index (χ1v) is 8.74. The van der Waals surface area contributed by atoms with Gasteiger partial charge in [-0.15, -0.1) is 0 Å². The monoisotopic (exact) mass is 299 g/mol. The molecule has 2 nitrogen and oxygen atoms in total. The Morgan fingerprint density at radius 1 is 1.37 bits per heavy atom. The Morgan fingerprint density at radius 3 is 2.79 bits per heavy atom. The van der Waals surface area contributed by atoms with Crippen molar-refractivity contribution < 1.29 is 4.21 Å². The van der Waals surface area contributed by atoms with Crippen LogP contribution in [-0.4, -0.2) is 15.5 Å². The van der Waals surface area contributed by atoms with Gasteiger partial charge < -0.3 is 5.73 Å². The van der Waals surface area contributed by atoms with Gasteiger partial charge >= 0.3 is 0 Å². The van der Waals surface area contributed by atoms with Gasteiger partial charge in [0.2, 0.25) is 0 Å². The molecule has 0 saturated heterocycles. The first-order valence-electron chi connectivity index (χ1n) is 6.98. The van der Waals surface area contributed by atoms with E-state index >= 15 is 0 Å². The molecular weight excluding hydrogens is 278 g/mol. The Kier molecular flexibility index (Phi) is 5.43. The van der Waals surface area contributed by atoms with E-state index in [0.717, 1.165) is 24.8 Å². The molecule has 4 atom stereocenters. The zero-order chi connectivity index (χ0) is 13.8. The fourth-order valence-corrected chi connectivity index (χ4v) is 4.85. The van der Waals surface area contributed by atoms with E-state index in [2.05, 4.69) is 6.92 Å². The van der Waals surface area contributed by atoms with Gasteiger partial charge in [0.25, 0.3) is 0 Å². The van der Waals surface area contributed by atoms with Gasteiger partial charge in [-0.2, -0.15) is 0 Å². The number of rotatable bonds is 4. The maximum atomic E-state index is 12.6. The van der Waals surface area contributed by atoms with Crippen molar-refractivity contribution in [3.63, 3.8) is 0 Å². The first kappa shape index (κ1) is 15.0. The van der Waals surface area contributed by atoms with E-state index < -0.39 is 10.8 Å². The maximum Gasteiger partial charge on any atom is 0.0505 e. The van der Waals surface area contributed by atoms with E-state index in [9.17, 15) is 4.21 Å². The number of benzene rings is 1. The van der Waals surface area contributed by atoms with Gasteiger partial charge in [-0.1, -0.05) is 43.1 Å². The standard InChI is InChI=1S/C15H22ClNOS/c1-2-11-7-8-14(17)15(9-11)19(18)10-12-5-3-4-6-13(12)16/h3-6,11,14-15H,2,7-10,17H2,1H3. The normalized spacial score (nSPS) is 29.1. The molecule has 4 heteroatoms. The molecule has 0 aliphatic heterocycles. The third kappa shape index (κ3) is 3.80. The average molecular weight is 300 g/mol. The van der Waals surface area contributed by atoms with E-state index in [1.54, 1.807) is 0 Å². The fourth-order valence-electron chi connectivity index (χ4n) is 2.78. The molecular formula is C15H22ClNOS. The van der Waals surface area contributed by atoms with Crippen molar-refractivity contribution in [3.8, 4) is 0 Å². The van der Waals surface area contributed by atoms with Gasteiger partial charge in [0, 0.05) is 21.9 Å². The van der Waals surface area contributed by atoms with Crippen LogP contribution < -0.4 is 5.73 Å². The van der Waals surface area contributed by atoms with Gasteiger partial charge in [0.05, 0.1) is 11.0 Å². The molecule has 2 N–H and O–H groups in total. The molecule has 0 spiro atoms. The van der Waals surface area contributed by atoms with Crippen LogP contribution in [0.4, 0.5) is 0 Å². The van der Waals surface area contributed by atoms with Crippen LogP contribution in [0, 0.1) is 5.92 Å². The highest BCUT2D eigenvalue weighted by molar-refractivity contribution is 7.84. The van der Waals surface area contributed by atoms with Crippen LogP contribution >= 0.6 is 11.6 Å². The van der Waals surface area contributed by atoms with Crippen molar-refractivity contribution in [2.45, 2.75) is 49.7 Å². The Morgan fingerprint density at radius 2 is 2.11 bits per heavy atom. The van der Waals surface area contributed by atoms with E-state index in [-0.39, 0.29) is 11.3 Å². The van der Waals surface area contributed by atoms with Crippen LogP contribution in [0.15, 0.2) is 24.3 Å². The van der Waals surface area contributed by atoms with Gasteiger partial charge in [0.1, 0.15) is 0 Å². The summed E-state index contributed by atoms with van der Waals surface area (Å²) in [5.74, 6) is 1.20. The second kappa shape index (κ2) is 6.87. The van der Waals surface area contributed by atoms with Crippen LogP contribution in [0.25, 0.3) is 0 Å². The summed E-state index contributed by atoms with van der Waals surface area (Å²) in [6.07, 6.45) is 4.33. The third-order valence-corrected chi connectivity index (χ3v) is 6.30. The minimum atomic E-state index is -0.930. The Balaban J connectivity index is 2.04. The van der Waals surface area contributed by atoms with Crippen molar-refractivity contribution in [1.29, 1.82) is 0 Å². The molecule has 1 saturated carbocycles. The van der Waals surface area contributed by atoms with Crippen LogP contribution in [0.1, 0.15) is 38.2 Å². The average Bonchev–Trinajstić information content (AvgIpc) is 2.42. The van der Waals surface area contributed by atoms with Crippen molar-refractivity contribution in [1.82, 2.24) is 0 Å². The lowest BCUT2D eigenvalue weighted by Gasteiger charge is -2.33. The molecule has 0 heterocycles. The lowest BCUT2D eigenvalue weighted by molar-refractivity contribution is 0.324. The molecule has 2 rings (SSSR count). The highest BCUT2D eigenvalue weighted by Gasteiger charge is 2.31. The van der Waals surface area contributed by atoms with E-state index in [4.69, 9.17) is 17.3 Å². The number of nitrogens with two attached hydrogens (primary N) is 1. The van der Waals surface area contributed by atoms with Crippen LogP contribution in [0.2, 0.25) is 5.02 Å². The second-order valence-electron chi connectivity index (χ2n) is 5.41. The molecule has 1 aromatic carbocycles. The van der Waals surface area contributed by atoms with Gasteiger partial charge in [0.15, 0.2) is 0 Å². The summed E-state index contributed by atoms with van der Waals surface area (Å²) in [5.41, 5.74) is 7.13. The third-order valence-electron chi connectivity index (χ3n) is 4.12. The maximum absolute atomic E-state index is 12.6. The van der Waals surface area contributed by atoms with Crippen LogP contribution in [-0.2, 0) is 16.6 Å². The van der Waals surface area contributed by atoms with Crippen LogP contribution in [0.3, 0.4) is 0 Å². The summed E-state index contributed by atoms with van der Waals surface area (Å²) >= 11 is 6.13. The summed E-state index contributed by atoms with van der Waals surface area (Å²) in [7, 11) is -0.930. The fraction of sp³-hybridized carbons (Fsp3) is 0.600. The number of halogens is 1. The number of hydrogen-bond acceptors (Lipinski definition) is 2. The SMILES string of the molecule is CCC1CCC(N)C(S(=O)Cc2ccccc2Cl)C1. The molecule has 0 radical (unpaired) electrons. The molecule has 1 aromatic rings. The van der Waals surface area contributed by atoms with E-state index in [0.29, 0.717) is 16.7 Å². The predicted molar refractivity (Wildman–Crippen MR) is 82.7 cm³/mol. The smallest absolute Gasteiger partial charge is 0.0505 e. The molecule has 1 aliphatic carbocycles. The molecule has 1 fully saturated rings.